The van der Waals surface area contributed by atoms with Gasteiger partial charge in [-0.1, -0.05) is 39.2 Å². The second kappa shape index (κ2) is 8.15. The zero-order chi connectivity index (χ0) is 22.5. The minimum atomic E-state index is -1.71. The Morgan fingerprint density at radius 1 is 1.10 bits per heavy atom. The van der Waals surface area contributed by atoms with Gasteiger partial charge in [0.25, 0.3) is 0 Å². The average Bonchev–Trinajstić information content (AvgIpc) is 3.06. The minimum absolute atomic E-state index is 0.0206. The van der Waals surface area contributed by atoms with E-state index in [1.54, 1.807) is 0 Å². The van der Waals surface area contributed by atoms with Crippen molar-refractivity contribution in [1.82, 2.24) is 0 Å². The highest BCUT2D eigenvalue weighted by molar-refractivity contribution is 6.73. The van der Waals surface area contributed by atoms with E-state index in [4.69, 9.17) is 10.8 Å². The summed E-state index contributed by atoms with van der Waals surface area (Å²) in [4.78, 5) is 12.4. The molecular formula is C27H42O3Si. The molecule has 0 aromatic heterocycles. The third kappa shape index (κ3) is 3.33. The molecule has 4 aliphatic rings. The first-order valence-electron chi connectivity index (χ1n) is 12.8. The van der Waals surface area contributed by atoms with Gasteiger partial charge in [-0.2, -0.15) is 0 Å². The number of aliphatic hydroxyl groups is 1. The number of hydrogen-bond donors (Lipinski definition) is 1. The lowest BCUT2D eigenvalue weighted by Gasteiger charge is -2.59. The number of rotatable bonds is 6. The fourth-order valence-electron chi connectivity index (χ4n) is 8.22. The SMILES string of the molecule is C#CC1(O)CC[C@H]2[C@@H]3CCC4=CC(=O)CC[C@]4(CO[Si](CC)(CC)CC)[C@@H]3CC[C@@]21C. The Hall–Kier alpha value is -0.893. The van der Waals surface area contributed by atoms with Crippen LogP contribution in [0.2, 0.25) is 18.1 Å². The number of carbonyl (C=O) groups excluding carboxylic acids is 1. The van der Waals surface area contributed by atoms with Gasteiger partial charge in [-0.3, -0.25) is 4.79 Å². The predicted molar refractivity (Wildman–Crippen MR) is 128 cm³/mol. The van der Waals surface area contributed by atoms with Gasteiger partial charge in [-0.15, -0.1) is 6.42 Å². The van der Waals surface area contributed by atoms with Crippen molar-refractivity contribution in [3.8, 4) is 12.3 Å². The first kappa shape index (κ1) is 23.3. The van der Waals surface area contributed by atoms with Crippen molar-refractivity contribution in [2.24, 2.45) is 28.6 Å². The van der Waals surface area contributed by atoms with Crippen LogP contribution in [0.3, 0.4) is 0 Å². The van der Waals surface area contributed by atoms with E-state index in [0.717, 1.165) is 69.7 Å². The molecule has 1 N–H and O–H groups in total. The van der Waals surface area contributed by atoms with E-state index in [-0.39, 0.29) is 10.8 Å². The first-order valence-corrected chi connectivity index (χ1v) is 15.3. The molecule has 0 aromatic carbocycles. The van der Waals surface area contributed by atoms with Crippen LogP contribution in [0.1, 0.15) is 79.1 Å². The molecule has 0 aromatic rings. The Bertz CT molecular complexity index is 785. The highest BCUT2D eigenvalue weighted by Gasteiger charge is 2.64. The van der Waals surface area contributed by atoms with Crippen molar-refractivity contribution in [2.45, 2.75) is 103 Å². The fourth-order valence-corrected chi connectivity index (χ4v) is 10.9. The van der Waals surface area contributed by atoms with Crippen LogP contribution in [-0.4, -0.2) is 31.4 Å². The fraction of sp³-hybridized carbons (Fsp3) is 0.815. The van der Waals surface area contributed by atoms with Crippen molar-refractivity contribution in [1.29, 1.82) is 0 Å². The topological polar surface area (TPSA) is 46.5 Å². The highest BCUT2D eigenvalue weighted by Crippen LogP contribution is 2.67. The highest BCUT2D eigenvalue weighted by atomic mass is 28.4. The monoisotopic (exact) mass is 442 g/mol. The van der Waals surface area contributed by atoms with E-state index in [9.17, 15) is 9.90 Å². The Morgan fingerprint density at radius 3 is 2.42 bits per heavy atom. The average molecular weight is 443 g/mol. The second-order valence-electron chi connectivity index (χ2n) is 11.2. The Morgan fingerprint density at radius 2 is 1.77 bits per heavy atom. The summed E-state index contributed by atoms with van der Waals surface area (Å²) in [5.41, 5.74) is 0.266. The third-order valence-electron chi connectivity index (χ3n) is 10.6. The number of carbonyl (C=O) groups is 1. The van der Waals surface area contributed by atoms with Crippen molar-refractivity contribution in [3.05, 3.63) is 11.6 Å². The smallest absolute Gasteiger partial charge is 0.192 e. The van der Waals surface area contributed by atoms with E-state index < -0.39 is 13.9 Å². The molecule has 3 saturated carbocycles. The van der Waals surface area contributed by atoms with Crippen molar-refractivity contribution in [2.75, 3.05) is 6.61 Å². The maximum Gasteiger partial charge on any atom is 0.192 e. The van der Waals surface area contributed by atoms with Gasteiger partial charge >= 0.3 is 0 Å². The van der Waals surface area contributed by atoms with Crippen LogP contribution >= 0.6 is 0 Å². The summed E-state index contributed by atoms with van der Waals surface area (Å²) in [7, 11) is -1.71. The molecule has 0 aliphatic heterocycles. The number of fused-ring (bicyclic) bond motifs is 5. The standard InChI is InChI=1S/C27H42O3Si/c1-6-27(29)17-14-23-22-11-10-20-18-21(28)12-16-26(20,24(22)13-15-25(23,27)5)19-30-31(7-2,8-3)9-4/h1,18,22-24,29H,7-17,19H2,2-5H3/t22-,23-,24+,25-,26+,27?/m0/s1. The molecule has 0 radical (unpaired) electrons. The summed E-state index contributed by atoms with van der Waals surface area (Å²) in [5.74, 6) is 4.71. The summed E-state index contributed by atoms with van der Waals surface area (Å²) in [6.07, 6.45) is 15.4. The normalized spacial score (nSPS) is 42.3. The molecule has 172 valence electrons. The molecule has 4 rings (SSSR count). The van der Waals surface area contributed by atoms with Gasteiger partial charge in [0, 0.05) is 23.9 Å². The van der Waals surface area contributed by atoms with Crippen LogP contribution in [0.4, 0.5) is 0 Å². The summed E-state index contributed by atoms with van der Waals surface area (Å²) < 4.78 is 6.96. The van der Waals surface area contributed by atoms with Gasteiger partial charge in [0.05, 0.1) is 0 Å². The molecule has 4 heteroatoms. The van der Waals surface area contributed by atoms with E-state index in [2.05, 4.69) is 33.6 Å². The van der Waals surface area contributed by atoms with Crippen LogP contribution in [0, 0.1) is 40.9 Å². The van der Waals surface area contributed by atoms with Gasteiger partial charge in [0.2, 0.25) is 0 Å². The summed E-state index contributed by atoms with van der Waals surface area (Å²) in [5, 5.41) is 11.3. The van der Waals surface area contributed by atoms with Crippen LogP contribution in [0.5, 0.6) is 0 Å². The number of terminal acetylenes is 1. The van der Waals surface area contributed by atoms with Crippen LogP contribution in [0.15, 0.2) is 11.6 Å². The van der Waals surface area contributed by atoms with Crippen molar-refractivity contribution in [3.63, 3.8) is 0 Å². The second-order valence-corrected chi connectivity index (χ2v) is 16.0. The zero-order valence-corrected chi connectivity index (χ0v) is 21.1. The zero-order valence-electron chi connectivity index (χ0n) is 20.1. The Labute approximate surface area is 190 Å². The molecule has 0 bridgehead atoms. The number of hydrogen-bond acceptors (Lipinski definition) is 3. The van der Waals surface area contributed by atoms with E-state index in [0.29, 0.717) is 30.0 Å². The van der Waals surface area contributed by atoms with E-state index in [1.807, 2.05) is 6.08 Å². The molecule has 1 unspecified atom stereocenters. The molecule has 3 fully saturated rings. The molecule has 31 heavy (non-hydrogen) atoms. The third-order valence-corrected chi connectivity index (χ3v) is 15.3. The molecule has 3 nitrogen and oxygen atoms in total. The quantitative estimate of drug-likeness (QED) is 0.412. The number of ketones is 1. The lowest BCUT2D eigenvalue weighted by Crippen LogP contribution is -2.57. The lowest BCUT2D eigenvalue weighted by molar-refractivity contribution is -0.123. The van der Waals surface area contributed by atoms with Crippen LogP contribution in [0.25, 0.3) is 0 Å². The van der Waals surface area contributed by atoms with E-state index in [1.165, 1.54) is 5.57 Å². The van der Waals surface area contributed by atoms with Gasteiger partial charge in [-0.05, 0) is 86.9 Å². The molecule has 6 atom stereocenters. The van der Waals surface area contributed by atoms with Crippen molar-refractivity contribution < 1.29 is 14.3 Å². The molecule has 0 heterocycles. The Balaban J connectivity index is 1.68. The molecule has 4 aliphatic carbocycles. The molecule has 0 saturated heterocycles. The first-order chi connectivity index (χ1) is 14.7. The molecular weight excluding hydrogens is 400 g/mol. The summed E-state index contributed by atoms with van der Waals surface area (Å²) >= 11 is 0. The van der Waals surface area contributed by atoms with Gasteiger partial charge in [0.15, 0.2) is 14.1 Å². The Kier molecular flexibility index (Phi) is 6.12. The predicted octanol–water partition coefficient (Wildman–Crippen LogP) is 5.88. The van der Waals surface area contributed by atoms with E-state index >= 15 is 0 Å². The molecule has 0 amide bonds. The minimum Gasteiger partial charge on any atom is -0.416 e. The summed E-state index contributed by atoms with van der Waals surface area (Å²) in [6, 6.07) is 3.49. The maximum atomic E-state index is 12.4. The van der Waals surface area contributed by atoms with Gasteiger partial charge in [0.1, 0.15) is 5.60 Å². The largest absolute Gasteiger partial charge is 0.416 e. The maximum absolute atomic E-state index is 12.4. The van der Waals surface area contributed by atoms with Crippen LogP contribution in [-0.2, 0) is 9.22 Å². The lowest BCUT2D eigenvalue weighted by atomic mass is 9.46. The molecule has 0 spiro atoms. The van der Waals surface area contributed by atoms with Crippen molar-refractivity contribution >= 4 is 14.1 Å². The van der Waals surface area contributed by atoms with Crippen LogP contribution < -0.4 is 0 Å². The summed E-state index contributed by atoms with van der Waals surface area (Å²) in [6.45, 7) is 9.95. The van der Waals surface area contributed by atoms with Gasteiger partial charge < -0.3 is 9.53 Å². The van der Waals surface area contributed by atoms with Gasteiger partial charge in [-0.25, -0.2) is 0 Å².